The lowest BCUT2D eigenvalue weighted by atomic mass is 10.4. The fourth-order valence-electron chi connectivity index (χ4n) is 0.261. The molecule has 2 N–H and O–H groups in total. The second kappa shape index (κ2) is 7.72. The Kier molecular flexibility index (Phi) is 8.51. The Morgan fingerprint density at radius 1 is 1.75 bits per heavy atom. The first kappa shape index (κ1) is 13.2. The first-order valence-corrected chi connectivity index (χ1v) is 2.99. The van der Waals surface area contributed by atoms with Crippen molar-refractivity contribution in [1.29, 1.82) is 5.26 Å². The van der Waals surface area contributed by atoms with E-state index in [9.17, 15) is 4.79 Å². The van der Waals surface area contributed by atoms with Gasteiger partial charge in [0.2, 0.25) is 6.29 Å². The zero-order chi connectivity index (χ0) is 10.1. The second-order valence-corrected chi connectivity index (χ2v) is 1.82. The zero-order valence-electron chi connectivity index (χ0n) is 6.73. The molecule has 5 heteroatoms. The van der Waals surface area contributed by atoms with E-state index in [4.69, 9.17) is 15.5 Å². The van der Waals surface area contributed by atoms with E-state index in [2.05, 4.69) is 17.9 Å². The molecule has 12 heavy (non-hydrogen) atoms. The zero-order valence-corrected chi connectivity index (χ0v) is 6.73. The van der Waals surface area contributed by atoms with Crippen molar-refractivity contribution in [2.75, 3.05) is 6.61 Å². The highest BCUT2D eigenvalue weighted by Crippen LogP contribution is 1.94. The van der Waals surface area contributed by atoms with Crippen LogP contribution in [0.5, 0.6) is 0 Å². The molecule has 0 heterocycles. The van der Waals surface area contributed by atoms with Crippen molar-refractivity contribution in [3.8, 4) is 6.57 Å². The van der Waals surface area contributed by atoms with Gasteiger partial charge in [0, 0.05) is 12.1 Å². The van der Waals surface area contributed by atoms with Crippen LogP contribution in [0, 0.1) is 11.8 Å². The predicted molar refractivity (Wildman–Crippen MR) is 40.7 cm³/mol. The maximum Gasteiger partial charge on any atom is 0.335 e. The van der Waals surface area contributed by atoms with Gasteiger partial charge in [-0.05, 0) is 6.92 Å². The van der Waals surface area contributed by atoms with Crippen LogP contribution in [0.25, 0.3) is 0 Å². The lowest BCUT2D eigenvalue weighted by Crippen LogP contribution is -2.21. The molecule has 0 aromatic rings. The minimum atomic E-state index is -1.44. The average Bonchev–Trinajstić information content (AvgIpc) is 2.07. The first-order valence-electron chi connectivity index (χ1n) is 2.99. The maximum atomic E-state index is 10.5. The van der Waals surface area contributed by atoms with Gasteiger partial charge in [0.15, 0.2) is 0 Å². The molecule has 1 unspecified atom stereocenters. The average molecular weight is 173 g/mol. The van der Waals surface area contributed by atoms with Crippen molar-refractivity contribution in [1.82, 2.24) is 0 Å². The van der Waals surface area contributed by atoms with Crippen molar-refractivity contribution in [2.45, 2.75) is 13.2 Å². The lowest BCUT2D eigenvalue weighted by Gasteiger charge is -2.07. The Balaban J connectivity index is 0. The van der Waals surface area contributed by atoms with Gasteiger partial charge in [0.1, 0.15) is 6.61 Å². The molecule has 0 saturated heterocycles. The Morgan fingerprint density at radius 2 is 2.17 bits per heavy atom. The number of rotatable bonds is 3. The molecule has 0 aliphatic rings. The number of ether oxygens (including phenoxy) is 1. The standard InChI is InChI=1S/C6H10O4.CHN/c1-4(2)6(9)10-5(8)3-7;1-2/h5,7-8H,1,3H2,2H3;1H. The number of hydrogen-bond acceptors (Lipinski definition) is 5. The van der Waals surface area contributed by atoms with Crippen molar-refractivity contribution in [3.63, 3.8) is 0 Å². The monoisotopic (exact) mass is 173 g/mol. The first-order chi connectivity index (χ1) is 5.57. The number of esters is 1. The van der Waals surface area contributed by atoms with E-state index >= 15 is 0 Å². The van der Waals surface area contributed by atoms with E-state index in [1.807, 2.05) is 0 Å². The molecule has 0 bridgehead atoms. The minimum Gasteiger partial charge on any atom is -0.430 e. The summed E-state index contributed by atoms with van der Waals surface area (Å²) in [5, 5.41) is 23.3. The third-order valence-electron chi connectivity index (χ3n) is 0.748. The molecule has 5 nitrogen and oxygen atoms in total. The fourth-order valence-corrected chi connectivity index (χ4v) is 0.261. The van der Waals surface area contributed by atoms with E-state index in [0.717, 1.165) is 0 Å². The van der Waals surface area contributed by atoms with Crippen molar-refractivity contribution in [3.05, 3.63) is 12.2 Å². The summed E-state index contributed by atoms with van der Waals surface area (Å²) in [5.41, 5.74) is 0.188. The quantitative estimate of drug-likeness (QED) is 0.343. The summed E-state index contributed by atoms with van der Waals surface area (Å²) < 4.78 is 4.23. The van der Waals surface area contributed by atoms with Crippen LogP contribution in [0.15, 0.2) is 12.2 Å². The van der Waals surface area contributed by atoms with Crippen LogP contribution >= 0.6 is 0 Å². The Morgan fingerprint density at radius 3 is 2.42 bits per heavy atom. The van der Waals surface area contributed by atoms with Gasteiger partial charge in [-0.25, -0.2) is 10.1 Å². The van der Waals surface area contributed by atoms with E-state index in [0.29, 0.717) is 0 Å². The van der Waals surface area contributed by atoms with Gasteiger partial charge in [-0.15, -0.1) is 0 Å². The van der Waals surface area contributed by atoms with E-state index < -0.39 is 18.9 Å². The molecule has 0 saturated carbocycles. The lowest BCUT2D eigenvalue weighted by molar-refractivity contribution is -0.168. The second-order valence-electron chi connectivity index (χ2n) is 1.82. The molecule has 68 valence electrons. The molecule has 0 amide bonds. The number of carbonyl (C=O) groups is 1. The van der Waals surface area contributed by atoms with Crippen LogP contribution < -0.4 is 0 Å². The summed E-state index contributed by atoms with van der Waals surface area (Å²) in [7, 11) is 0. The molecule has 0 rings (SSSR count). The van der Waals surface area contributed by atoms with Gasteiger partial charge >= 0.3 is 5.97 Å². The van der Waals surface area contributed by atoms with Crippen LogP contribution in [-0.2, 0) is 9.53 Å². The van der Waals surface area contributed by atoms with Crippen molar-refractivity contribution in [2.24, 2.45) is 0 Å². The highest BCUT2D eigenvalue weighted by Gasteiger charge is 2.08. The summed E-state index contributed by atoms with van der Waals surface area (Å²) in [4.78, 5) is 10.5. The minimum absolute atomic E-state index is 0.188. The van der Waals surface area contributed by atoms with Gasteiger partial charge in [-0.2, -0.15) is 0 Å². The summed E-state index contributed by atoms with van der Waals surface area (Å²) >= 11 is 0. The van der Waals surface area contributed by atoms with Crippen LogP contribution in [0.4, 0.5) is 0 Å². The maximum absolute atomic E-state index is 10.5. The molecular formula is C7H11NO4. The molecule has 0 aromatic heterocycles. The predicted octanol–water partition coefficient (Wildman–Crippen LogP) is -0.444. The number of hydrogen-bond donors (Lipinski definition) is 2. The third-order valence-corrected chi connectivity index (χ3v) is 0.748. The van der Waals surface area contributed by atoms with Crippen molar-refractivity contribution >= 4 is 5.97 Å². The Hall–Kier alpha value is -1.38. The molecular weight excluding hydrogens is 162 g/mol. The van der Waals surface area contributed by atoms with Crippen molar-refractivity contribution < 1.29 is 19.7 Å². The Bertz CT molecular complexity index is 175. The molecule has 0 aromatic carbocycles. The van der Waals surface area contributed by atoms with Crippen LogP contribution in [0.3, 0.4) is 0 Å². The van der Waals surface area contributed by atoms with Gasteiger partial charge < -0.3 is 14.9 Å². The molecule has 0 radical (unpaired) electrons. The van der Waals surface area contributed by atoms with Gasteiger partial charge in [0.05, 0.1) is 0 Å². The highest BCUT2D eigenvalue weighted by atomic mass is 16.6. The molecule has 0 fully saturated rings. The molecule has 0 aliphatic carbocycles. The molecule has 0 aliphatic heterocycles. The molecule has 1 atom stereocenters. The smallest absolute Gasteiger partial charge is 0.335 e. The largest absolute Gasteiger partial charge is 0.430 e. The third kappa shape index (κ3) is 6.74. The number of carbonyl (C=O) groups excluding carboxylic acids is 1. The number of nitrogens with zero attached hydrogens (tertiary/aromatic N) is 1. The summed E-state index contributed by atoms with van der Waals surface area (Å²) in [5.74, 6) is -0.707. The van der Waals surface area contributed by atoms with Crippen LogP contribution in [0.2, 0.25) is 0 Å². The van der Waals surface area contributed by atoms with Crippen LogP contribution in [0.1, 0.15) is 6.92 Å². The summed E-state index contributed by atoms with van der Waals surface area (Å²) in [6.45, 7) is 7.63. The normalized spacial score (nSPS) is 10.4. The van der Waals surface area contributed by atoms with E-state index in [-0.39, 0.29) is 5.57 Å². The number of aliphatic hydroxyl groups excluding tert-OH is 2. The fraction of sp³-hybridized carbons (Fsp3) is 0.429. The SMILES string of the molecule is C#N.C=C(C)C(=O)OC(O)CO. The van der Waals surface area contributed by atoms with E-state index in [1.54, 1.807) is 0 Å². The number of aliphatic hydroxyl groups is 2. The van der Waals surface area contributed by atoms with Gasteiger partial charge in [0.25, 0.3) is 0 Å². The summed E-state index contributed by atoms with van der Waals surface area (Å²) in [6, 6.07) is 0. The topological polar surface area (TPSA) is 90.6 Å². The summed E-state index contributed by atoms with van der Waals surface area (Å²) in [6.07, 6.45) is -1.44. The Labute approximate surface area is 70.5 Å². The van der Waals surface area contributed by atoms with Gasteiger partial charge in [-0.1, -0.05) is 6.58 Å². The van der Waals surface area contributed by atoms with Gasteiger partial charge in [-0.3, -0.25) is 0 Å². The van der Waals surface area contributed by atoms with E-state index in [1.165, 1.54) is 6.92 Å². The highest BCUT2D eigenvalue weighted by molar-refractivity contribution is 5.86. The number of nitriles is 1. The van der Waals surface area contributed by atoms with Crippen LogP contribution in [-0.4, -0.2) is 29.1 Å². The molecule has 0 spiro atoms.